The second kappa shape index (κ2) is 5.38. The number of rotatable bonds is 3. The molecule has 2 heterocycles. The highest BCUT2D eigenvalue weighted by molar-refractivity contribution is 6.31. The van der Waals surface area contributed by atoms with Crippen molar-refractivity contribution in [3.05, 3.63) is 56.9 Å². The first-order valence-electron chi connectivity index (χ1n) is 6.46. The topological polar surface area (TPSA) is 74.6 Å². The number of esters is 1. The highest BCUT2D eigenvalue weighted by atomic mass is 35.5. The lowest BCUT2D eigenvalue weighted by molar-refractivity contribution is 0.0599. The third-order valence-electron chi connectivity index (χ3n) is 3.32. The van der Waals surface area contributed by atoms with E-state index in [9.17, 15) is 9.59 Å². The van der Waals surface area contributed by atoms with Crippen molar-refractivity contribution in [3.63, 3.8) is 0 Å². The summed E-state index contributed by atoms with van der Waals surface area (Å²) in [5.74, 6) is -0.113. The van der Waals surface area contributed by atoms with Crippen LogP contribution < -0.4 is 5.76 Å². The SMILES string of the molecule is COC(=O)c1cc(Cn2c(=O)oc3cc(Cl)ccc32)oc1C. The standard InChI is InChI=1S/C15H12ClNO5/c1-8-11(14(18)20-2)6-10(21-8)7-17-12-4-3-9(16)5-13(12)22-15(17)19/h3-6H,7H2,1-2H3. The molecule has 0 fully saturated rings. The Morgan fingerprint density at radius 3 is 2.82 bits per heavy atom. The molecule has 1 aromatic carbocycles. The highest BCUT2D eigenvalue weighted by Crippen LogP contribution is 2.21. The molecule has 0 atom stereocenters. The van der Waals surface area contributed by atoms with Crippen molar-refractivity contribution in [1.82, 2.24) is 4.57 Å². The summed E-state index contributed by atoms with van der Waals surface area (Å²) in [6, 6.07) is 6.49. The summed E-state index contributed by atoms with van der Waals surface area (Å²) >= 11 is 5.87. The van der Waals surface area contributed by atoms with Gasteiger partial charge >= 0.3 is 11.7 Å². The van der Waals surface area contributed by atoms with Crippen LogP contribution in [0.15, 0.2) is 37.9 Å². The summed E-state index contributed by atoms with van der Waals surface area (Å²) in [4.78, 5) is 23.5. The predicted octanol–water partition coefficient (Wildman–Crippen LogP) is 2.98. The maximum absolute atomic E-state index is 12.0. The van der Waals surface area contributed by atoms with E-state index in [0.29, 0.717) is 33.2 Å². The van der Waals surface area contributed by atoms with E-state index < -0.39 is 11.7 Å². The van der Waals surface area contributed by atoms with Crippen molar-refractivity contribution in [2.24, 2.45) is 0 Å². The zero-order valence-electron chi connectivity index (χ0n) is 11.9. The molecule has 0 N–H and O–H groups in total. The Bertz CT molecular complexity index is 918. The average molecular weight is 322 g/mol. The van der Waals surface area contributed by atoms with Gasteiger partial charge in [-0.15, -0.1) is 0 Å². The van der Waals surface area contributed by atoms with Gasteiger partial charge in [0.15, 0.2) is 5.58 Å². The molecule has 0 aliphatic carbocycles. The summed E-state index contributed by atoms with van der Waals surface area (Å²) < 4.78 is 16.7. The third kappa shape index (κ3) is 2.42. The Kier molecular flexibility index (Phi) is 3.54. The van der Waals surface area contributed by atoms with Gasteiger partial charge in [-0.25, -0.2) is 9.59 Å². The van der Waals surface area contributed by atoms with Crippen LogP contribution in [0.3, 0.4) is 0 Å². The van der Waals surface area contributed by atoms with Crippen molar-refractivity contribution in [2.75, 3.05) is 7.11 Å². The molecule has 0 aliphatic heterocycles. The van der Waals surface area contributed by atoms with E-state index in [2.05, 4.69) is 4.74 Å². The van der Waals surface area contributed by atoms with Crippen LogP contribution in [-0.4, -0.2) is 17.6 Å². The lowest BCUT2D eigenvalue weighted by Gasteiger charge is -1.98. The summed E-state index contributed by atoms with van der Waals surface area (Å²) in [5, 5.41) is 0.482. The number of fused-ring (bicyclic) bond motifs is 1. The first kappa shape index (κ1) is 14.5. The van der Waals surface area contributed by atoms with Crippen LogP contribution in [0.2, 0.25) is 5.02 Å². The Morgan fingerprint density at radius 2 is 2.09 bits per heavy atom. The number of nitrogens with zero attached hydrogens (tertiary/aromatic N) is 1. The fourth-order valence-corrected chi connectivity index (χ4v) is 2.44. The second-order valence-electron chi connectivity index (χ2n) is 4.74. The van der Waals surface area contributed by atoms with Crippen molar-refractivity contribution in [1.29, 1.82) is 0 Å². The zero-order chi connectivity index (χ0) is 15.9. The van der Waals surface area contributed by atoms with Crippen LogP contribution in [0, 0.1) is 6.92 Å². The van der Waals surface area contributed by atoms with Crippen LogP contribution >= 0.6 is 11.6 Å². The molecule has 114 valence electrons. The second-order valence-corrected chi connectivity index (χ2v) is 5.18. The van der Waals surface area contributed by atoms with Crippen LogP contribution in [0.1, 0.15) is 21.9 Å². The van der Waals surface area contributed by atoms with E-state index >= 15 is 0 Å². The van der Waals surface area contributed by atoms with E-state index in [0.717, 1.165) is 0 Å². The van der Waals surface area contributed by atoms with Gasteiger partial charge in [0.1, 0.15) is 17.1 Å². The van der Waals surface area contributed by atoms with Gasteiger partial charge in [0, 0.05) is 11.1 Å². The molecule has 0 saturated heterocycles. The number of methoxy groups -OCH3 is 1. The molecule has 0 saturated carbocycles. The molecule has 2 aromatic heterocycles. The molecule has 0 bridgehead atoms. The van der Waals surface area contributed by atoms with Crippen LogP contribution in [0.25, 0.3) is 11.1 Å². The Morgan fingerprint density at radius 1 is 1.32 bits per heavy atom. The molecular weight excluding hydrogens is 310 g/mol. The first-order valence-corrected chi connectivity index (χ1v) is 6.84. The third-order valence-corrected chi connectivity index (χ3v) is 3.55. The molecule has 22 heavy (non-hydrogen) atoms. The first-order chi connectivity index (χ1) is 10.5. The number of halogens is 1. The zero-order valence-corrected chi connectivity index (χ0v) is 12.6. The van der Waals surface area contributed by atoms with Crippen LogP contribution in [0.4, 0.5) is 0 Å². The van der Waals surface area contributed by atoms with E-state index in [1.54, 1.807) is 31.2 Å². The minimum absolute atomic E-state index is 0.144. The summed E-state index contributed by atoms with van der Waals surface area (Å²) in [5.41, 5.74) is 1.33. The lowest BCUT2D eigenvalue weighted by Crippen LogP contribution is -2.14. The minimum Gasteiger partial charge on any atom is -0.465 e. The number of hydrogen-bond donors (Lipinski definition) is 0. The van der Waals surface area contributed by atoms with Crippen LogP contribution in [-0.2, 0) is 11.3 Å². The predicted molar refractivity (Wildman–Crippen MR) is 79.4 cm³/mol. The van der Waals surface area contributed by atoms with Gasteiger partial charge in [-0.2, -0.15) is 0 Å². The number of ether oxygens (including phenoxy) is 1. The molecule has 3 rings (SSSR count). The molecule has 6 nitrogen and oxygen atoms in total. The summed E-state index contributed by atoms with van der Waals surface area (Å²) in [6.45, 7) is 1.80. The molecule has 0 spiro atoms. The van der Waals surface area contributed by atoms with Crippen molar-refractivity contribution in [2.45, 2.75) is 13.5 Å². The normalized spacial score (nSPS) is 11.0. The monoisotopic (exact) mass is 321 g/mol. The number of benzene rings is 1. The van der Waals surface area contributed by atoms with Gasteiger partial charge in [0.25, 0.3) is 0 Å². The quantitative estimate of drug-likeness (QED) is 0.693. The largest absolute Gasteiger partial charge is 0.465 e. The fraction of sp³-hybridized carbons (Fsp3) is 0.200. The average Bonchev–Trinajstić information content (AvgIpc) is 2.99. The molecule has 0 aliphatic rings. The number of carbonyl (C=O) groups excluding carboxylic acids is 1. The lowest BCUT2D eigenvalue weighted by atomic mass is 10.2. The number of oxazole rings is 1. The fourth-order valence-electron chi connectivity index (χ4n) is 2.28. The molecule has 3 aromatic rings. The van der Waals surface area contributed by atoms with Gasteiger partial charge < -0.3 is 13.6 Å². The Hall–Kier alpha value is -2.47. The van der Waals surface area contributed by atoms with E-state index in [1.165, 1.54) is 11.7 Å². The van der Waals surface area contributed by atoms with E-state index in [4.69, 9.17) is 20.4 Å². The number of furan rings is 1. The van der Waals surface area contributed by atoms with Gasteiger partial charge in [-0.1, -0.05) is 11.6 Å². The Balaban J connectivity index is 2.02. The number of aryl methyl sites for hydroxylation is 1. The molecular formula is C15H12ClNO5. The highest BCUT2D eigenvalue weighted by Gasteiger charge is 2.17. The van der Waals surface area contributed by atoms with Gasteiger partial charge in [0.2, 0.25) is 0 Å². The van der Waals surface area contributed by atoms with E-state index in [1.807, 2.05) is 0 Å². The molecule has 7 heteroatoms. The molecule has 0 unspecified atom stereocenters. The Labute approximate surface area is 129 Å². The van der Waals surface area contributed by atoms with Gasteiger partial charge in [-0.3, -0.25) is 4.57 Å². The summed E-state index contributed by atoms with van der Waals surface area (Å²) in [7, 11) is 1.30. The smallest absolute Gasteiger partial charge is 0.420 e. The number of hydrogen-bond acceptors (Lipinski definition) is 5. The van der Waals surface area contributed by atoms with Crippen molar-refractivity contribution < 1.29 is 18.4 Å². The van der Waals surface area contributed by atoms with Gasteiger partial charge in [0.05, 0.1) is 19.2 Å². The van der Waals surface area contributed by atoms with Crippen LogP contribution in [0.5, 0.6) is 0 Å². The number of carbonyl (C=O) groups is 1. The summed E-state index contributed by atoms with van der Waals surface area (Å²) in [6.07, 6.45) is 0. The minimum atomic E-state index is -0.522. The van der Waals surface area contributed by atoms with Crippen molar-refractivity contribution >= 4 is 28.7 Å². The van der Waals surface area contributed by atoms with Gasteiger partial charge in [-0.05, 0) is 25.1 Å². The maximum atomic E-state index is 12.0. The van der Waals surface area contributed by atoms with Crippen molar-refractivity contribution in [3.8, 4) is 0 Å². The molecule has 0 radical (unpaired) electrons. The van der Waals surface area contributed by atoms with E-state index in [-0.39, 0.29) is 6.54 Å². The maximum Gasteiger partial charge on any atom is 0.420 e. The molecule has 0 amide bonds. The number of aromatic nitrogens is 1.